The van der Waals surface area contributed by atoms with E-state index in [2.05, 4.69) is 102 Å². The van der Waals surface area contributed by atoms with Crippen LogP contribution in [0.5, 0.6) is 0 Å². The largest absolute Gasteiger partial charge is 0.309 e. The summed E-state index contributed by atoms with van der Waals surface area (Å²) in [4.78, 5) is 14.8. The highest BCUT2D eigenvalue weighted by Crippen LogP contribution is 2.37. The van der Waals surface area contributed by atoms with Crippen LogP contribution in [0.3, 0.4) is 0 Å². The standard InChI is InChI=1S/C39H26N4/c1-3-14-27(15-4-1)37-40-38(28-16-5-2-6-17-28)42-39(41-37)30-19-13-18-29(26-30)31-20-7-10-23-34(31)43-35-24-11-8-21-32(35)33-22-9-12-25-36(33)43/h1-26H. The molecule has 0 atom stereocenters. The third kappa shape index (κ3) is 4.46. The van der Waals surface area contributed by atoms with Gasteiger partial charge in [-0.05, 0) is 29.8 Å². The molecule has 0 spiro atoms. The van der Waals surface area contributed by atoms with Gasteiger partial charge in [0.1, 0.15) is 0 Å². The number of aromatic nitrogens is 4. The molecule has 0 unspecified atom stereocenters. The molecule has 0 amide bonds. The Balaban J connectivity index is 1.31. The van der Waals surface area contributed by atoms with Gasteiger partial charge >= 0.3 is 0 Å². The number of hydrogen-bond donors (Lipinski definition) is 0. The third-order valence-corrected chi connectivity index (χ3v) is 7.86. The molecule has 0 N–H and O–H groups in total. The maximum atomic E-state index is 4.96. The van der Waals surface area contributed by atoms with Gasteiger partial charge in [-0.25, -0.2) is 15.0 Å². The normalized spacial score (nSPS) is 11.3. The van der Waals surface area contributed by atoms with E-state index in [1.807, 2.05) is 60.7 Å². The lowest BCUT2D eigenvalue weighted by atomic mass is 10.0. The average Bonchev–Trinajstić information content (AvgIpc) is 3.43. The molecule has 8 rings (SSSR count). The van der Waals surface area contributed by atoms with E-state index in [4.69, 9.17) is 15.0 Å². The quantitative estimate of drug-likeness (QED) is 0.214. The van der Waals surface area contributed by atoms with Crippen LogP contribution >= 0.6 is 0 Å². The second-order valence-electron chi connectivity index (χ2n) is 10.5. The smallest absolute Gasteiger partial charge is 0.164 e. The first-order valence-electron chi connectivity index (χ1n) is 14.4. The molecule has 0 saturated carbocycles. The Morgan fingerprint density at radius 1 is 0.349 bits per heavy atom. The van der Waals surface area contributed by atoms with Crippen molar-refractivity contribution >= 4 is 21.8 Å². The van der Waals surface area contributed by atoms with Crippen molar-refractivity contribution in [3.05, 3.63) is 158 Å². The lowest BCUT2D eigenvalue weighted by molar-refractivity contribution is 1.07. The molecule has 0 aliphatic carbocycles. The van der Waals surface area contributed by atoms with Gasteiger partial charge in [-0.2, -0.15) is 0 Å². The minimum Gasteiger partial charge on any atom is -0.309 e. The highest BCUT2D eigenvalue weighted by atomic mass is 15.0. The molecule has 0 bridgehead atoms. The summed E-state index contributed by atoms with van der Waals surface area (Å²) in [5.41, 5.74) is 8.57. The molecule has 43 heavy (non-hydrogen) atoms. The summed E-state index contributed by atoms with van der Waals surface area (Å²) >= 11 is 0. The molecule has 2 heterocycles. The Bertz CT molecular complexity index is 2120. The van der Waals surface area contributed by atoms with Crippen LogP contribution in [-0.4, -0.2) is 19.5 Å². The van der Waals surface area contributed by atoms with Crippen LogP contribution in [0.15, 0.2) is 158 Å². The van der Waals surface area contributed by atoms with Gasteiger partial charge in [0.2, 0.25) is 0 Å². The molecule has 0 radical (unpaired) electrons. The Morgan fingerprint density at radius 3 is 1.40 bits per heavy atom. The van der Waals surface area contributed by atoms with E-state index in [-0.39, 0.29) is 0 Å². The third-order valence-electron chi connectivity index (χ3n) is 7.86. The molecule has 6 aromatic carbocycles. The SMILES string of the molecule is c1ccc(-c2nc(-c3ccccc3)nc(-c3cccc(-c4ccccc4-n4c5ccccc5c5ccccc54)c3)n2)cc1. The van der Waals surface area contributed by atoms with Crippen LogP contribution in [-0.2, 0) is 0 Å². The minimum atomic E-state index is 0.643. The predicted octanol–water partition coefficient (Wildman–Crippen LogP) is 9.64. The minimum absolute atomic E-state index is 0.643. The van der Waals surface area contributed by atoms with Gasteiger partial charge in [-0.15, -0.1) is 0 Å². The molecule has 0 aliphatic rings. The lowest BCUT2D eigenvalue weighted by Crippen LogP contribution is -2.00. The number of para-hydroxylation sites is 3. The first-order chi connectivity index (χ1) is 21.3. The average molecular weight is 551 g/mol. The molecule has 0 saturated heterocycles. The highest BCUT2D eigenvalue weighted by Gasteiger charge is 2.16. The van der Waals surface area contributed by atoms with E-state index in [1.54, 1.807) is 0 Å². The van der Waals surface area contributed by atoms with Crippen LogP contribution in [0.4, 0.5) is 0 Å². The predicted molar refractivity (Wildman–Crippen MR) is 176 cm³/mol. The van der Waals surface area contributed by atoms with Crippen molar-refractivity contribution < 1.29 is 0 Å². The number of nitrogens with zero attached hydrogens (tertiary/aromatic N) is 4. The van der Waals surface area contributed by atoms with Gasteiger partial charge in [0.05, 0.1) is 16.7 Å². The zero-order chi connectivity index (χ0) is 28.6. The van der Waals surface area contributed by atoms with Crippen LogP contribution in [0.1, 0.15) is 0 Å². The molecule has 2 aromatic heterocycles. The van der Waals surface area contributed by atoms with Crippen LogP contribution in [0.25, 0.3) is 72.8 Å². The maximum absolute atomic E-state index is 4.96. The van der Waals surface area contributed by atoms with E-state index in [9.17, 15) is 0 Å². The first kappa shape index (κ1) is 24.9. The van der Waals surface area contributed by atoms with Crippen LogP contribution < -0.4 is 0 Å². The monoisotopic (exact) mass is 550 g/mol. The zero-order valence-electron chi connectivity index (χ0n) is 23.3. The summed E-state index contributed by atoms with van der Waals surface area (Å²) in [6, 6.07) is 54.5. The lowest BCUT2D eigenvalue weighted by Gasteiger charge is -2.15. The van der Waals surface area contributed by atoms with Crippen molar-refractivity contribution in [2.75, 3.05) is 0 Å². The van der Waals surface area contributed by atoms with Crippen LogP contribution in [0, 0.1) is 0 Å². The molecule has 202 valence electrons. The Labute approximate surface area is 249 Å². The fourth-order valence-electron chi connectivity index (χ4n) is 5.86. The van der Waals surface area contributed by atoms with Crippen molar-refractivity contribution in [1.29, 1.82) is 0 Å². The summed E-state index contributed by atoms with van der Waals surface area (Å²) in [5.74, 6) is 1.95. The van der Waals surface area contributed by atoms with E-state index >= 15 is 0 Å². The summed E-state index contributed by atoms with van der Waals surface area (Å²) in [7, 11) is 0. The van der Waals surface area contributed by atoms with Crippen molar-refractivity contribution in [2.45, 2.75) is 0 Å². The molecular weight excluding hydrogens is 524 g/mol. The zero-order valence-corrected chi connectivity index (χ0v) is 23.3. The van der Waals surface area contributed by atoms with E-state index in [1.165, 1.54) is 21.8 Å². The molecule has 4 heteroatoms. The van der Waals surface area contributed by atoms with Crippen LogP contribution in [0.2, 0.25) is 0 Å². The Kier molecular flexibility index (Phi) is 6.08. The maximum Gasteiger partial charge on any atom is 0.164 e. The fourth-order valence-corrected chi connectivity index (χ4v) is 5.86. The molecular formula is C39H26N4. The first-order valence-corrected chi connectivity index (χ1v) is 14.4. The van der Waals surface area contributed by atoms with Gasteiger partial charge < -0.3 is 4.57 Å². The second-order valence-corrected chi connectivity index (χ2v) is 10.5. The summed E-state index contributed by atoms with van der Waals surface area (Å²) in [5, 5.41) is 2.49. The topological polar surface area (TPSA) is 43.6 Å². The number of hydrogen-bond acceptors (Lipinski definition) is 3. The summed E-state index contributed by atoms with van der Waals surface area (Å²) in [6.45, 7) is 0. The van der Waals surface area contributed by atoms with Crippen molar-refractivity contribution in [3.63, 3.8) is 0 Å². The summed E-state index contributed by atoms with van der Waals surface area (Å²) in [6.07, 6.45) is 0. The molecule has 0 fully saturated rings. The molecule has 4 nitrogen and oxygen atoms in total. The van der Waals surface area contributed by atoms with E-state index < -0.39 is 0 Å². The van der Waals surface area contributed by atoms with Gasteiger partial charge in [-0.1, -0.05) is 133 Å². The van der Waals surface area contributed by atoms with E-state index in [0.717, 1.165) is 33.5 Å². The van der Waals surface area contributed by atoms with E-state index in [0.29, 0.717) is 17.5 Å². The molecule has 0 aliphatic heterocycles. The van der Waals surface area contributed by atoms with Crippen molar-refractivity contribution in [2.24, 2.45) is 0 Å². The Hall–Kier alpha value is -5.87. The van der Waals surface area contributed by atoms with Gasteiger partial charge in [0.25, 0.3) is 0 Å². The Morgan fingerprint density at radius 2 is 0.791 bits per heavy atom. The van der Waals surface area contributed by atoms with Gasteiger partial charge in [-0.3, -0.25) is 0 Å². The number of benzene rings is 6. The van der Waals surface area contributed by atoms with Gasteiger partial charge in [0, 0.05) is 33.0 Å². The fraction of sp³-hybridized carbons (Fsp3) is 0. The molecule has 8 aromatic rings. The van der Waals surface area contributed by atoms with Gasteiger partial charge in [0.15, 0.2) is 17.5 Å². The highest BCUT2D eigenvalue weighted by molar-refractivity contribution is 6.09. The number of fused-ring (bicyclic) bond motifs is 3. The van der Waals surface area contributed by atoms with Crippen molar-refractivity contribution in [1.82, 2.24) is 19.5 Å². The second kappa shape index (κ2) is 10.5. The number of rotatable bonds is 5. The van der Waals surface area contributed by atoms with Crippen molar-refractivity contribution in [3.8, 4) is 51.0 Å². The summed E-state index contributed by atoms with van der Waals surface area (Å²) < 4.78 is 2.37.